The average molecular weight is 441 g/mol. The van der Waals surface area contributed by atoms with E-state index >= 15 is 0 Å². The molecule has 1 atom stereocenters. The standard InChI is InChI=1S/C21H23N5O6/c1-11(23-20(29)12-5-6-15(27)16(28)7-12)14-10-22-21(26-25-14)24-13-8-17(30-2)19(32-4)18(9-13)31-3/h5-11,27-28H,1-4H3,(H,23,29)(H,22,24,26). The van der Waals surface area contributed by atoms with Crippen molar-refractivity contribution in [2.45, 2.75) is 13.0 Å². The predicted molar refractivity (Wildman–Crippen MR) is 115 cm³/mol. The van der Waals surface area contributed by atoms with E-state index in [0.717, 1.165) is 0 Å². The van der Waals surface area contributed by atoms with Crippen LogP contribution in [0.3, 0.4) is 0 Å². The number of carbonyl (C=O) groups excluding carboxylic acids is 1. The molecule has 1 amide bonds. The largest absolute Gasteiger partial charge is 0.504 e. The van der Waals surface area contributed by atoms with Crippen LogP contribution in [-0.2, 0) is 0 Å². The molecule has 4 N–H and O–H groups in total. The van der Waals surface area contributed by atoms with Gasteiger partial charge in [0.1, 0.15) is 5.69 Å². The Morgan fingerprint density at radius 2 is 1.66 bits per heavy atom. The lowest BCUT2D eigenvalue weighted by Crippen LogP contribution is -2.27. The van der Waals surface area contributed by atoms with Crippen molar-refractivity contribution in [2.75, 3.05) is 26.6 Å². The minimum atomic E-state index is -0.506. The van der Waals surface area contributed by atoms with Crippen LogP contribution in [0.5, 0.6) is 28.7 Å². The fourth-order valence-corrected chi connectivity index (χ4v) is 2.84. The van der Waals surface area contributed by atoms with Gasteiger partial charge in [0.15, 0.2) is 23.0 Å². The van der Waals surface area contributed by atoms with E-state index in [1.165, 1.54) is 45.7 Å². The summed E-state index contributed by atoms with van der Waals surface area (Å²) >= 11 is 0. The van der Waals surface area contributed by atoms with Crippen LogP contribution < -0.4 is 24.8 Å². The molecule has 11 heteroatoms. The third-order valence-corrected chi connectivity index (χ3v) is 4.53. The van der Waals surface area contributed by atoms with Crippen molar-refractivity contribution in [2.24, 2.45) is 0 Å². The van der Waals surface area contributed by atoms with Gasteiger partial charge in [-0.15, -0.1) is 10.2 Å². The molecule has 1 unspecified atom stereocenters. The molecule has 0 spiro atoms. The molecule has 0 saturated heterocycles. The van der Waals surface area contributed by atoms with Crippen molar-refractivity contribution < 1.29 is 29.2 Å². The number of hydrogen-bond acceptors (Lipinski definition) is 10. The highest BCUT2D eigenvalue weighted by atomic mass is 16.5. The van der Waals surface area contributed by atoms with Gasteiger partial charge in [0.05, 0.1) is 33.6 Å². The second kappa shape index (κ2) is 9.69. The molecule has 3 aromatic rings. The molecule has 0 radical (unpaired) electrons. The maximum absolute atomic E-state index is 12.4. The van der Waals surface area contributed by atoms with Gasteiger partial charge in [-0.25, -0.2) is 4.98 Å². The maximum Gasteiger partial charge on any atom is 0.251 e. The summed E-state index contributed by atoms with van der Waals surface area (Å²) in [6.07, 6.45) is 1.48. The number of amides is 1. The fraction of sp³-hybridized carbons (Fsp3) is 0.238. The topological polar surface area (TPSA) is 148 Å². The highest BCUT2D eigenvalue weighted by Crippen LogP contribution is 2.40. The predicted octanol–water partition coefficient (Wildman–Crippen LogP) is 2.54. The van der Waals surface area contributed by atoms with Crippen molar-refractivity contribution in [3.63, 3.8) is 0 Å². The number of benzene rings is 2. The summed E-state index contributed by atoms with van der Waals surface area (Å²) in [7, 11) is 4.55. The molecule has 168 valence electrons. The molecule has 0 fully saturated rings. The third-order valence-electron chi connectivity index (χ3n) is 4.53. The summed E-state index contributed by atoms with van der Waals surface area (Å²) < 4.78 is 15.9. The van der Waals surface area contributed by atoms with E-state index in [1.54, 1.807) is 19.1 Å². The average Bonchev–Trinajstić information content (AvgIpc) is 2.80. The molecule has 0 saturated carbocycles. The SMILES string of the molecule is COc1cc(Nc2ncc(C(C)NC(=O)c3ccc(O)c(O)c3)nn2)cc(OC)c1OC. The first-order valence-electron chi connectivity index (χ1n) is 9.45. The van der Waals surface area contributed by atoms with E-state index in [2.05, 4.69) is 25.8 Å². The van der Waals surface area contributed by atoms with Crippen LogP contribution in [0.4, 0.5) is 11.6 Å². The van der Waals surface area contributed by atoms with Crippen LogP contribution in [0, 0.1) is 0 Å². The molecule has 32 heavy (non-hydrogen) atoms. The molecular formula is C21H23N5O6. The molecule has 0 bridgehead atoms. The summed E-state index contributed by atoms with van der Waals surface area (Å²) in [6.45, 7) is 1.72. The number of carbonyl (C=O) groups is 1. The second-order valence-electron chi connectivity index (χ2n) is 6.64. The number of nitrogens with one attached hydrogen (secondary N) is 2. The van der Waals surface area contributed by atoms with Crippen molar-refractivity contribution in [3.8, 4) is 28.7 Å². The van der Waals surface area contributed by atoms with Gasteiger partial charge in [-0.2, -0.15) is 0 Å². The fourth-order valence-electron chi connectivity index (χ4n) is 2.84. The zero-order valence-corrected chi connectivity index (χ0v) is 17.9. The Morgan fingerprint density at radius 1 is 0.969 bits per heavy atom. The van der Waals surface area contributed by atoms with E-state index in [9.17, 15) is 15.0 Å². The molecule has 0 aliphatic rings. The molecular weight excluding hydrogens is 418 g/mol. The van der Waals surface area contributed by atoms with Crippen LogP contribution in [-0.4, -0.2) is 52.6 Å². The summed E-state index contributed by atoms with van der Waals surface area (Å²) in [5.41, 5.74) is 1.22. The first-order chi connectivity index (χ1) is 15.4. The van der Waals surface area contributed by atoms with Crippen LogP contribution in [0.2, 0.25) is 0 Å². The lowest BCUT2D eigenvalue weighted by atomic mass is 10.1. The first-order valence-corrected chi connectivity index (χ1v) is 9.45. The normalized spacial score (nSPS) is 11.4. The van der Waals surface area contributed by atoms with E-state index in [-0.39, 0.29) is 23.0 Å². The highest BCUT2D eigenvalue weighted by molar-refractivity contribution is 5.95. The number of rotatable bonds is 8. The first kappa shape index (κ1) is 22.4. The van der Waals surface area contributed by atoms with E-state index in [1.807, 2.05) is 0 Å². The Hall–Kier alpha value is -4.28. The number of anilines is 2. The summed E-state index contributed by atoms with van der Waals surface area (Å²) in [5, 5.41) is 32.8. The maximum atomic E-state index is 12.4. The molecule has 3 rings (SSSR count). The van der Waals surface area contributed by atoms with Crippen molar-refractivity contribution in [1.29, 1.82) is 0 Å². The van der Waals surface area contributed by atoms with Crippen molar-refractivity contribution in [3.05, 3.63) is 47.8 Å². The summed E-state index contributed by atoms with van der Waals surface area (Å²) in [5.74, 6) is 0.487. The Morgan fingerprint density at radius 3 is 2.19 bits per heavy atom. The second-order valence-corrected chi connectivity index (χ2v) is 6.64. The Labute approximate surface area is 184 Å². The third kappa shape index (κ3) is 4.89. The number of aromatic nitrogens is 3. The molecule has 2 aromatic carbocycles. The van der Waals surface area contributed by atoms with Gasteiger partial charge in [-0.3, -0.25) is 4.79 Å². The lowest BCUT2D eigenvalue weighted by molar-refractivity contribution is 0.0938. The van der Waals surface area contributed by atoms with Gasteiger partial charge in [-0.1, -0.05) is 0 Å². The van der Waals surface area contributed by atoms with Crippen LogP contribution >= 0.6 is 0 Å². The lowest BCUT2D eigenvalue weighted by Gasteiger charge is -2.15. The minimum absolute atomic E-state index is 0.189. The Kier molecular flexibility index (Phi) is 6.78. The van der Waals surface area contributed by atoms with E-state index in [4.69, 9.17) is 14.2 Å². The highest BCUT2D eigenvalue weighted by Gasteiger charge is 2.16. The van der Waals surface area contributed by atoms with Gasteiger partial charge in [0.2, 0.25) is 11.7 Å². The van der Waals surface area contributed by atoms with Crippen molar-refractivity contribution in [1.82, 2.24) is 20.5 Å². The van der Waals surface area contributed by atoms with Crippen LogP contribution in [0.25, 0.3) is 0 Å². The number of methoxy groups -OCH3 is 3. The monoisotopic (exact) mass is 441 g/mol. The Bertz CT molecular complexity index is 1080. The molecule has 1 heterocycles. The van der Waals surface area contributed by atoms with Gasteiger partial charge >= 0.3 is 0 Å². The molecule has 1 aromatic heterocycles. The van der Waals surface area contributed by atoms with Crippen LogP contribution in [0.15, 0.2) is 36.5 Å². The summed E-state index contributed by atoms with van der Waals surface area (Å²) in [6, 6.07) is 6.70. The van der Waals surface area contributed by atoms with Gasteiger partial charge in [-0.05, 0) is 25.1 Å². The zero-order valence-electron chi connectivity index (χ0n) is 17.9. The summed E-state index contributed by atoms with van der Waals surface area (Å²) in [4.78, 5) is 16.6. The number of nitrogens with zero attached hydrogens (tertiary/aromatic N) is 3. The van der Waals surface area contributed by atoms with Gasteiger partial charge < -0.3 is 35.1 Å². The number of hydrogen-bond donors (Lipinski definition) is 4. The molecule has 11 nitrogen and oxygen atoms in total. The smallest absolute Gasteiger partial charge is 0.251 e. The Balaban J connectivity index is 1.70. The van der Waals surface area contributed by atoms with Crippen LogP contribution in [0.1, 0.15) is 29.0 Å². The van der Waals surface area contributed by atoms with Crippen molar-refractivity contribution >= 4 is 17.5 Å². The number of aromatic hydroxyl groups is 2. The number of phenolic OH excluding ortho intramolecular Hbond substituents is 2. The number of ether oxygens (including phenoxy) is 3. The molecule has 0 aliphatic carbocycles. The van der Waals surface area contributed by atoms with E-state index in [0.29, 0.717) is 28.6 Å². The van der Waals surface area contributed by atoms with Gasteiger partial charge in [0, 0.05) is 23.4 Å². The van der Waals surface area contributed by atoms with Gasteiger partial charge in [0.25, 0.3) is 5.91 Å². The molecule has 0 aliphatic heterocycles. The van der Waals surface area contributed by atoms with E-state index < -0.39 is 11.9 Å². The quantitative estimate of drug-likeness (QED) is 0.384. The zero-order chi connectivity index (χ0) is 23.3. The number of phenols is 2. The minimum Gasteiger partial charge on any atom is -0.504 e.